The number of aromatic nitrogens is 1. The van der Waals surface area contributed by atoms with Crippen molar-refractivity contribution in [1.29, 1.82) is 0 Å². The lowest BCUT2D eigenvalue weighted by Crippen LogP contribution is -2.22. The molecule has 0 atom stereocenters. The molecule has 0 amide bonds. The Bertz CT molecular complexity index is 630. The molecule has 1 heterocycles. The first-order valence-corrected chi connectivity index (χ1v) is 6.92. The van der Waals surface area contributed by atoms with E-state index in [4.69, 9.17) is 4.42 Å². The highest BCUT2D eigenvalue weighted by atomic mass is 19.4. The Hall–Kier alpha value is -1.56. The maximum absolute atomic E-state index is 13.2. The predicted molar refractivity (Wildman–Crippen MR) is 75.1 cm³/mol. The van der Waals surface area contributed by atoms with Crippen molar-refractivity contribution in [2.45, 2.75) is 52.4 Å². The summed E-state index contributed by atoms with van der Waals surface area (Å²) in [6, 6.07) is 2.97. The Morgan fingerprint density at radius 1 is 1.19 bits per heavy atom. The predicted octanol–water partition coefficient (Wildman–Crippen LogP) is 4.47. The summed E-state index contributed by atoms with van der Waals surface area (Å²) >= 11 is 0. The Morgan fingerprint density at radius 3 is 2.38 bits per heavy atom. The van der Waals surface area contributed by atoms with Crippen LogP contribution < -0.4 is 5.32 Å². The fourth-order valence-electron chi connectivity index (χ4n) is 1.99. The molecule has 2 aromatic rings. The zero-order valence-electron chi connectivity index (χ0n) is 12.5. The van der Waals surface area contributed by atoms with E-state index < -0.39 is 11.7 Å². The SMILES string of the molecule is CC(C)NCc1cc(C(F)(F)F)c2oc(C(C)C)nc2c1. The smallest absolute Gasteiger partial charge is 0.420 e. The van der Waals surface area contributed by atoms with Gasteiger partial charge >= 0.3 is 6.18 Å². The molecule has 1 N–H and O–H groups in total. The van der Waals surface area contributed by atoms with Crippen molar-refractivity contribution in [1.82, 2.24) is 10.3 Å². The first-order valence-electron chi connectivity index (χ1n) is 6.92. The minimum Gasteiger partial charge on any atom is -0.440 e. The average Bonchev–Trinajstić information content (AvgIpc) is 2.77. The van der Waals surface area contributed by atoms with E-state index in [0.717, 1.165) is 6.07 Å². The molecule has 0 fully saturated rings. The van der Waals surface area contributed by atoms with Crippen molar-refractivity contribution in [2.75, 3.05) is 0 Å². The van der Waals surface area contributed by atoms with Gasteiger partial charge in [0.25, 0.3) is 0 Å². The molecule has 116 valence electrons. The molecule has 6 heteroatoms. The minimum absolute atomic E-state index is 0.0595. The summed E-state index contributed by atoms with van der Waals surface area (Å²) < 4.78 is 44.9. The zero-order chi connectivity index (χ0) is 15.8. The number of hydrogen-bond donors (Lipinski definition) is 1. The van der Waals surface area contributed by atoms with Crippen LogP contribution in [-0.4, -0.2) is 11.0 Å². The van der Waals surface area contributed by atoms with E-state index in [1.807, 2.05) is 27.7 Å². The third-order valence-corrected chi connectivity index (χ3v) is 3.08. The van der Waals surface area contributed by atoms with Crippen LogP contribution in [0.1, 0.15) is 50.6 Å². The van der Waals surface area contributed by atoms with Crippen LogP contribution in [0.5, 0.6) is 0 Å². The second kappa shape index (κ2) is 5.67. The van der Waals surface area contributed by atoms with Crippen LogP contribution in [0.3, 0.4) is 0 Å². The van der Waals surface area contributed by atoms with Gasteiger partial charge in [-0.15, -0.1) is 0 Å². The average molecular weight is 300 g/mol. The summed E-state index contributed by atoms with van der Waals surface area (Å²) in [7, 11) is 0. The van der Waals surface area contributed by atoms with E-state index in [0.29, 0.717) is 18.0 Å². The van der Waals surface area contributed by atoms with Gasteiger partial charge < -0.3 is 9.73 Å². The zero-order valence-corrected chi connectivity index (χ0v) is 12.5. The second-order valence-electron chi connectivity index (χ2n) is 5.73. The molecule has 1 aromatic heterocycles. The van der Waals surface area contributed by atoms with E-state index >= 15 is 0 Å². The number of oxazole rings is 1. The molecule has 0 saturated heterocycles. The first-order chi connectivity index (χ1) is 9.68. The van der Waals surface area contributed by atoms with Gasteiger partial charge in [-0.05, 0) is 17.7 Å². The topological polar surface area (TPSA) is 38.1 Å². The molecule has 0 aliphatic rings. The third-order valence-electron chi connectivity index (χ3n) is 3.08. The van der Waals surface area contributed by atoms with Gasteiger partial charge in [0.05, 0.1) is 0 Å². The highest BCUT2D eigenvalue weighted by Crippen LogP contribution is 2.37. The van der Waals surface area contributed by atoms with Crippen LogP contribution in [0.2, 0.25) is 0 Å². The molecular weight excluding hydrogens is 281 g/mol. The number of fused-ring (bicyclic) bond motifs is 1. The highest BCUT2D eigenvalue weighted by molar-refractivity contribution is 5.78. The summed E-state index contributed by atoms with van der Waals surface area (Å²) in [4.78, 5) is 4.18. The summed E-state index contributed by atoms with van der Waals surface area (Å²) in [5, 5.41) is 3.11. The van der Waals surface area contributed by atoms with Crippen molar-refractivity contribution in [3.8, 4) is 0 Å². The van der Waals surface area contributed by atoms with Crippen molar-refractivity contribution < 1.29 is 17.6 Å². The fourth-order valence-corrected chi connectivity index (χ4v) is 1.99. The number of rotatable bonds is 4. The van der Waals surface area contributed by atoms with Gasteiger partial charge in [0.15, 0.2) is 11.5 Å². The molecule has 1 aromatic carbocycles. The second-order valence-corrected chi connectivity index (χ2v) is 5.73. The molecular formula is C15H19F3N2O. The van der Waals surface area contributed by atoms with E-state index in [1.54, 1.807) is 6.07 Å². The van der Waals surface area contributed by atoms with Crippen LogP contribution in [0.15, 0.2) is 16.5 Å². The standard InChI is InChI=1S/C15H19F3N2O/c1-8(2)14-20-12-6-10(7-19-9(3)4)5-11(13(12)21-14)15(16,17)18/h5-6,8-9,19H,7H2,1-4H3. The molecule has 3 nitrogen and oxygen atoms in total. The third kappa shape index (κ3) is 3.56. The molecule has 0 spiro atoms. The van der Waals surface area contributed by atoms with Gasteiger partial charge in [0.2, 0.25) is 0 Å². The maximum Gasteiger partial charge on any atom is 0.420 e. The number of nitrogens with zero attached hydrogens (tertiary/aromatic N) is 1. The van der Waals surface area contributed by atoms with E-state index in [9.17, 15) is 13.2 Å². The Morgan fingerprint density at radius 2 is 1.86 bits per heavy atom. The van der Waals surface area contributed by atoms with E-state index in [1.165, 1.54) is 0 Å². The molecule has 21 heavy (non-hydrogen) atoms. The lowest BCUT2D eigenvalue weighted by molar-refractivity contribution is -0.136. The summed E-state index contributed by atoms with van der Waals surface area (Å²) in [6.45, 7) is 7.91. The fraction of sp³-hybridized carbons (Fsp3) is 0.533. The molecule has 0 saturated carbocycles. The van der Waals surface area contributed by atoms with Crippen molar-refractivity contribution in [2.24, 2.45) is 0 Å². The largest absolute Gasteiger partial charge is 0.440 e. The first kappa shape index (κ1) is 15.8. The van der Waals surface area contributed by atoms with Crippen LogP contribution in [0, 0.1) is 0 Å². The number of alkyl halides is 3. The van der Waals surface area contributed by atoms with Gasteiger partial charge in [-0.3, -0.25) is 0 Å². The van der Waals surface area contributed by atoms with Crippen molar-refractivity contribution in [3.05, 3.63) is 29.2 Å². The number of hydrogen-bond acceptors (Lipinski definition) is 3. The van der Waals surface area contributed by atoms with Gasteiger partial charge in [-0.2, -0.15) is 13.2 Å². The van der Waals surface area contributed by atoms with Crippen molar-refractivity contribution >= 4 is 11.1 Å². The summed E-state index contributed by atoms with van der Waals surface area (Å²) in [6.07, 6.45) is -4.46. The molecule has 0 aliphatic carbocycles. The van der Waals surface area contributed by atoms with Gasteiger partial charge in [-0.1, -0.05) is 27.7 Å². The minimum atomic E-state index is -4.46. The van der Waals surface area contributed by atoms with Crippen LogP contribution in [0.25, 0.3) is 11.1 Å². The summed E-state index contributed by atoms with van der Waals surface area (Å²) in [5.74, 6) is 0.264. The highest BCUT2D eigenvalue weighted by Gasteiger charge is 2.35. The molecule has 0 aliphatic heterocycles. The molecule has 0 bridgehead atoms. The Labute approximate surface area is 121 Å². The lowest BCUT2D eigenvalue weighted by atomic mass is 10.1. The van der Waals surface area contributed by atoms with Gasteiger partial charge in [-0.25, -0.2) is 4.98 Å². The monoisotopic (exact) mass is 300 g/mol. The molecule has 0 unspecified atom stereocenters. The van der Waals surface area contributed by atoms with Crippen LogP contribution >= 0.6 is 0 Å². The molecule has 0 radical (unpaired) electrons. The van der Waals surface area contributed by atoms with E-state index in [-0.39, 0.29) is 23.1 Å². The number of nitrogens with one attached hydrogen (secondary N) is 1. The molecule has 2 rings (SSSR count). The normalized spacial score (nSPS) is 12.8. The van der Waals surface area contributed by atoms with E-state index in [2.05, 4.69) is 10.3 Å². The number of halogens is 3. The Kier molecular flexibility index (Phi) is 4.27. The van der Waals surface area contributed by atoms with Crippen molar-refractivity contribution in [3.63, 3.8) is 0 Å². The summed E-state index contributed by atoms with van der Waals surface area (Å²) in [5.41, 5.74) is -0.138. The Balaban J connectivity index is 2.54. The quantitative estimate of drug-likeness (QED) is 0.905. The van der Waals surface area contributed by atoms with Gasteiger partial charge in [0.1, 0.15) is 11.1 Å². The number of benzene rings is 1. The van der Waals surface area contributed by atoms with Crippen LogP contribution in [-0.2, 0) is 12.7 Å². The van der Waals surface area contributed by atoms with Gasteiger partial charge in [0, 0.05) is 18.5 Å². The maximum atomic E-state index is 13.2. The lowest BCUT2D eigenvalue weighted by Gasteiger charge is -2.11. The van der Waals surface area contributed by atoms with Crippen LogP contribution in [0.4, 0.5) is 13.2 Å².